The van der Waals surface area contributed by atoms with Gasteiger partial charge in [-0.15, -0.1) is 0 Å². The average molecular weight is 372 g/mol. The molecule has 0 N–H and O–H groups in total. The maximum absolute atomic E-state index is 12.2. The molecule has 7 heteroatoms. The van der Waals surface area contributed by atoms with Gasteiger partial charge in [-0.1, -0.05) is 34.1 Å². The predicted octanol–water partition coefficient (Wildman–Crippen LogP) is 1.91. The third kappa shape index (κ3) is 4.56. The van der Waals surface area contributed by atoms with Gasteiger partial charge < -0.3 is 9.47 Å². The first-order chi connectivity index (χ1) is 10.6. The molecule has 0 saturated heterocycles. The fraction of sp³-hybridized carbons (Fsp3) is 0.400. The van der Waals surface area contributed by atoms with Gasteiger partial charge in [0, 0.05) is 5.69 Å². The molecule has 6 nitrogen and oxygen atoms in total. The van der Waals surface area contributed by atoms with Crippen molar-refractivity contribution >= 4 is 39.5 Å². The quantitative estimate of drug-likeness (QED) is 0.415. The topological polar surface area (TPSA) is 72.9 Å². The van der Waals surface area contributed by atoms with Crippen molar-refractivity contribution in [2.75, 3.05) is 23.4 Å². The van der Waals surface area contributed by atoms with Crippen LogP contribution in [0, 0.1) is 0 Å². The fourth-order valence-corrected chi connectivity index (χ4v) is 2.11. The lowest BCUT2D eigenvalue weighted by Crippen LogP contribution is -2.52. The zero-order valence-electron chi connectivity index (χ0n) is 12.5. The number of alkyl halides is 1. The van der Waals surface area contributed by atoms with E-state index in [1.54, 1.807) is 44.2 Å². The number of nitrogens with zero attached hydrogens (tertiary/aromatic N) is 1. The van der Waals surface area contributed by atoms with Crippen molar-refractivity contribution < 1.29 is 23.9 Å². The van der Waals surface area contributed by atoms with E-state index in [0.717, 1.165) is 4.90 Å². The monoisotopic (exact) mass is 371 g/mol. The largest absolute Gasteiger partial charge is 0.464 e. The van der Waals surface area contributed by atoms with Crippen LogP contribution in [0.1, 0.15) is 13.8 Å². The molecule has 0 aliphatic heterocycles. The van der Waals surface area contributed by atoms with Gasteiger partial charge >= 0.3 is 11.9 Å². The number of anilines is 1. The highest BCUT2D eigenvalue weighted by molar-refractivity contribution is 9.09. The maximum Gasteiger partial charge on any atom is 0.341 e. The number of carbonyl (C=O) groups is 3. The smallest absolute Gasteiger partial charge is 0.341 e. The second kappa shape index (κ2) is 9.19. The van der Waals surface area contributed by atoms with Crippen LogP contribution in [0.4, 0.5) is 5.69 Å². The van der Waals surface area contributed by atoms with E-state index in [2.05, 4.69) is 15.9 Å². The summed E-state index contributed by atoms with van der Waals surface area (Å²) in [4.78, 5) is 37.6. The zero-order valence-corrected chi connectivity index (χ0v) is 14.0. The molecule has 0 aliphatic carbocycles. The molecule has 0 aliphatic rings. The van der Waals surface area contributed by atoms with Gasteiger partial charge in [0.1, 0.15) is 0 Å². The minimum atomic E-state index is -1.47. The molecule has 0 heterocycles. The number of hydrogen-bond donors (Lipinski definition) is 0. The summed E-state index contributed by atoms with van der Waals surface area (Å²) in [5.41, 5.74) is 0.415. The lowest BCUT2D eigenvalue weighted by atomic mass is 10.2. The lowest BCUT2D eigenvalue weighted by Gasteiger charge is -2.28. The van der Waals surface area contributed by atoms with Crippen LogP contribution in [0.3, 0.4) is 0 Å². The van der Waals surface area contributed by atoms with Crippen LogP contribution in [0.25, 0.3) is 0 Å². The van der Waals surface area contributed by atoms with Crippen molar-refractivity contribution in [3.8, 4) is 0 Å². The number of esters is 2. The highest BCUT2D eigenvalue weighted by Crippen LogP contribution is 2.19. The SMILES string of the molecule is CCOC(=O)C(C(=O)OCC)N(C(=O)CBr)c1ccccc1. The zero-order chi connectivity index (χ0) is 16.5. The Bertz CT molecular complexity index is 502. The molecule has 1 aromatic carbocycles. The summed E-state index contributed by atoms with van der Waals surface area (Å²) >= 11 is 3.06. The van der Waals surface area contributed by atoms with Crippen LogP contribution < -0.4 is 4.90 Å². The van der Waals surface area contributed by atoms with Gasteiger partial charge in [0.2, 0.25) is 11.9 Å². The minimum absolute atomic E-state index is 0.0444. The first-order valence-electron chi connectivity index (χ1n) is 6.83. The molecule has 0 fully saturated rings. The molecule has 0 saturated carbocycles. The molecule has 0 unspecified atom stereocenters. The van der Waals surface area contributed by atoms with Gasteiger partial charge in [0.05, 0.1) is 18.5 Å². The Morgan fingerprint density at radius 1 is 1.05 bits per heavy atom. The lowest BCUT2D eigenvalue weighted by molar-refractivity contribution is -0.157. The third-order valence-electron chi connectivity index (χ3n) is 2.70. The van der Waals surface area contributed by atoms with Crippen molar-refractivity contribution in [2.45, 2.75) is 19.9 Å². The molecule has 120 valence electrons. The molecular weight excluding hydrogens is 354 g/mol. The number of para-hydroxylation sites is 1. The van der Waals surface area contributed by atoms with Crippen molar-refractivity contribution in [3.05, 3.63) is 30.3 Å². The van der Waals surface area contributed by atoms with E-state index in [1.165, 1.54) is 0 Å². The van der Waals surface area contributed by atoms with Crippen LogP contribution >= 0.6 is 15.9 Å². The van der Waals surface area contributed by atoms with Gasteiger partial charge in [-0.05, 0) is 26.0 Å². The van der Waals surface area contributed by atoms with Gasteiger partial charge in [-0.25, -0.2) is 9.59 Å². The van der Waals surface area contributed by atoms with Crippen molar-refractivity contribution in [3.63, 3.8) is 0 Å². The Hall–Kier alpha value is -1.89. The van der Waals surface area contributed by atoms with E-state index in [-0.39, 0.29) is 18.5 Å². The number of halogens is 1. The molecule has 0 aromatic heterocycles. The van der Waals surface area contributed by atoms with Crippen LogP contribution in [-0.4, -0.2) is 42.4 Å². The van der Waals surface area contributed by atoms with Gasteiger partial charge in [0.25, 0.3) is 0 Å². The van der Waals surface area contributed by atoms with Gasteiger partial charge in [0.15, 0.2) is 0 Å². The van der Waals surface area contributed by atoms with Crippen LogP contribution in [-0.2, 0) is 23.9 Å². The van der Waals surface area contributed by atoms with Crippen molar-refractivity contribution in [1.29, 1.82) is 0 Å². The fourth-order valence-electron chi connectivity index (χ4n) is 1.84. The molecule has 22 heavy (non-hydrogen) atoms. The summed E-state index contributed by atoms with van der Waals surface area (Å²) in [5, 5.41) is -0.0444. The second-order valence-corrected chi connectivity index (χ2v) is 4.70. The minimum Gasteiger partial charge on any atom is -0.464 e. The molecule has 0 bridgehead atoms. The number of amides is 1. The van der Waals surface area contributed by atoms with Crippen molar-refractivity contribution in [2.24, 2.45) is 0 Å². The summed E-state index contributed by atoms with van der Waals surface area (Å²) in [6, 6.07) is 6.98. The van der Waals surface area contributed by atoms with Gasteiger partial charge in [-0.2, -0.15) is 0 Å². The Balaban J connectivity index is 3.26. The highest BCUT2D eigenvalue weighted by Gasteiger charge is 2.39. The summed E-state index contributed by atoms with van der Waals surface area (Å²) in [6.07, 6.45) is 0. The van der Waals surface area contributed by atoms with E-state index in [9.17, 15) is 14.4 Å². The molecular formula is C15H18BrNO5. The Morgan fingerprint density at radius 2 is 1.55 bits per heavy atom. The summed E-state index contributed by atoms with van der Waals surface area (Å²) in [6.45, 7) is 3.44. The van der Waals surface area contributed by atoms with Crippen LogP contribution in [0.2, 0.25) is 0 Å². The normalized spacial score (nSPS) is 10.2. The molecule has 1 aromatic rings. The summed E-state index contributed by atoms with van der Waals surface area (Å²) < 4.78 is 9.84. The number of ether oxygens (including phenoxy) is 2. The summed E-state index contributed by atoms with van der Waals surface area (Å²) in [5.74, 6) is -2.09. The Labute approximate surface area is 137 Å². The number of carbonyl (C=O) groups excluding carboxylic acids is 3. The van der Waals surface area contributed by atoms with E-state index in [1.807, 2.05) is 0 Å². The van der Waals surface area contributed by atoms with Crippen molar-refractivity contribution in [1.82, 2.24) is 0 Å². The first kappa shape index (κ1) is 18.2. The number of benzene rings is 1. The summed E-state index contributed by atoms with van der Waals surface area (Å²) in [7, 11) is 0. The molecule has 0 spiro atoms. The van der Waals surface area contributed by atoms with E-state index < -0.39 is 23.9 Å². The Morgan fingerprint density at radius 3 is 1.95 bits per heavy atom. The van der Waals surface area contributed by atoms with Gasteiger partial charge in [-0.3, -0.25) is 9.69 Å². The second-order valence-electron chi connectivity index (χ2n) is 4.14. The molecule has 1 amide bonds. The Kier molecular flexibility index (Phi) is 7.59. The number of hydrogen-bond acceptors (Lipinski definition) is 5. The number of rotatable bonds is 7. The first-order valence-corrected chi connectivity index (χ1v) is 7.95. The third-order valence-corrected chi connectivity index (χ3v) is 3.17. The van der Waals surface area contributed by atoms with E-state index in [4.69, 9.17) is 9.47 Å². The van der Waals surface area contributed by atoms with E-state index >= 15 is 0 Å². The average Bonchev–Trinajstić information content (AvgIpc) is 2.52. The molecule has 0 radical (unpaired) electrons. The molecule has 0 atom stereocenters. The van der Waals surface area contributed by atoms with E-state index in [0.29, 0.717) is 5.69 Å². The standard InChI is InChI=1S/C15H18BrNO5/c1-3-21-14(19)13(15(20)22-4-2)17(12(18)10-16)11-8-6-5-7-9-11/h5-9,13H,3-4,10H2,1-2H3. The van der Waals surface area contributed by atoms with Crippen LogP contribution in [0.5, 0.6) is 0 Å². The van der Waals surface area contributed by atoms with Crippen LogP contribution in [0.15, 0.2) is 30.3 Å². The maximum atomic E-state index is 12.2. The molecule has 1 rings (SSSR count). The highest BCUT2D eigenvalue weighted by atomic mass is 79.9. The predicted molar refractivity (Wildman–Crippen MR) is 84.8 cm³/mol.